The van der Waals surface area contributed by atoms with Crippen LogP contribution in [-0.4, -0.2) is 46.1 Å². The van der Waals surface area contributed by atoms with Crippen LogP contribution >= 0.6 is 22.7 Å². The van der Waals surface area contributed by atoms with Crippen molar-refractivity contribution in [2.75, 3.05) is 20.3 Å². The number of amides is 1. The average molecular weight is 442 g/mol. The van der Waals surface area contributed by atoms with Crippen LogP contribution in [0.15, 0.2) is 29.1 Å². The molecule has 30 heavy (non-hydrogen) atoms. The van der Waals surface area contributed by atoms with E-state index >= 15 is 0 Å². The Balaban J connectivity index is 1.56. The Labute approximate surface area is 182 Å². The van der Waals surface area contributed by atoms with Crippen molar-refractivity contribution in [3.63, 3.8) is 0 Å². The molecule has 0 fully saturated rings. The van der Waals surface area contributed by atoms with Crippen molar-refractivity contribution in [2.24, 2.45) is 0 Å². The van der Waals surface area contributed by atoms with Crippen LogP contribution < -0.4 is 5.32 Å². The second kappa shape index (κ2) is 9.46. The zero-order valence-corrected chi connectivity index (χ0v) is 18.5. The number of nitrogens with one attached hydrogen (secondary N) is 2. The second-order valence-electron chi connectivity index (χ2n) is 6.93. The Bertz CT molecular complexity index is 1150. The first-order valence-corrected chi connectivity index (χ1v) is 11.5. The fourth-order valence-corrected chi connectivity index (χ4v) is 4.65. The number of rotatable bonds is 9. The molecule has 3 aromatic heterocycles. The Kier molecular flexibility index (Phi) is 6.51. The molecule has 1 aromatic carbocycles. The molecule has 0 saturated heterocycles. The third kappa shape index (κ3) is 4.75. The number of aromatic amines is 1. The van der Waals surface area contributed by atoms with E-state index in [2.05, 4.69) is 26.3 Å². The summed E-state index contributed by atoms with van der Waals surface area (Å²) in [6.07, 6.45) is 1.72. The predicted octanol–water partition coefficient (Wildman–Crippen LogP) is 4.20. The highest BCUT2D eigenvalue weighted by Gasteiger charge is 2.18. The third-order valence-electron chi connectivity index (χ3n) is 4.63. The maximum absolute atomic E-state index is 12.1. The first-order chi connectivity index (χ1) is 14.6. The van der Waals surface area contributed by atoms with Gasteiger partial charge in [-0.3, -0.25) is 4.79 Å². The highest BCUT2D eigenvalue weighted by atomic mass is 32.1. The van der Waals surface area contributed by atoms with Gasteiger partial charge in [0.05, 0.1) is 21.4 Å². The molecular formula is C21H23N5O2S2. The molecular weight excluding hydrogens is 418 g/mol. The lowest BCUT2D eigenvalue weighted by Crippen LogP contribution is -2.25. The highest BCUT2D eigenvalue weighted by Crippen LogP contribution is 2.34. The molecule has 4 rings (SSSR count). The molecule has 2 N–H and O–H groups in total. The summed E-state index contributed by atoms with van der Waals surface area (Å²) in [5, 5.41) is 5.81. The molecule has 0 radical (unpaired) electrons. The molecule has 156 valence electrons. The summed E-state index contributed by atoms with van der Waals surface area (Å²) < 4.78 is 6.13. The van der Waals surface area contributed by atoms with Crippen LogP contribution in [0.1, 0.15) is 24.4 Å². The van der Waals surface area contributed by atoms with Crippen molar-refractivity contribution in [3.05, 3.63) is 40.6 Å². The van der Waals surface area contributed by atoms with E-state index in [1.807, 2.05) is 29.9 Å². The molecule has 9 heteroatoms. The van der Waals surface area contributed by atoms with Crippen LogP contribution in [0.2, 0.25) is 0 Å². The number of nitrogens with zero attached hydrogens (tertiary/aromatic N) is 3. The molecule has 4 aromatic rings. The fraction of sp³-hybridized carbons (Fsp3) is 0.333. The lowest BCUT2D eigenvalue weighted by molar-refractivity contribution is -0.121. The second-order valence-corrected chi connectivity index (χ2v) is 8.68. The van der Waals surface area contributed by atoms with Gasteiger partial charge in [0, 0.05) is 49.7 Å². The standard InChI is InChI=1S/C21H23N5O2S2/c1-13-11-29-21(24-13)20-19(14-4-5-15-16(10-14)30-12-23-15)25-17(26-20)6-7-18(27)22-8-3-9-28-2/h4-5,10-12H,3,6-9H2,1-2H3,(H,22,27)(H,25,26). The van der Waals surface area contributed by atoms with Crippen molar-refractivity contribution in [1.82, 2.24) is 25.3 Å². The van der Waals surface area contributed by atoms with Gasteiger partial charge in [-0.25, -0.2) is 15.0 Å². The molecule has 1 amide bonds. The maximum atomic E-state index is 12.1. The van der Waals surface area contributed by atoms with Gasteiger partial charge in [0.15, 0.2) is 0 Å². The smallest absolute Gasteiger partial charge is 0.220 e. The van der Waals surface area contributed by atoms with Gasteiger partial charge in [-0.2, -0.15) is 0 Å². The summed E-state index contributed by atoms with van der Waals surface area (Å²) in [6.45, 7) is 3.24. The molecule has 0 unspecified atom stereocenters. The first-order valence-electron chi connectivity index (χ1n) is 9.74. The summed E-state index contributed by atoms with van der Waals surface area (Å²) in [7, 11) is 1.66. The van der Waals surface area contributed by atoms with Crippen LogP contribution in [0, 0.1) is 6.92 Å². The predicted molar refractivity (Wildman–Crippen MR) is 121 cm³/mol. The molecule has 0 aliphatic heterocycles. The van der Waals surface area contributed by atoms with Crippen LogP contribution in [0.4, 0.5) is 0 Å². The van der Waals surface area contributed by atoms with Gasteiger partial charge in [-0.1, -0.05) is 6.07 Å². The van der Waals surface area contributed by atoms with Gasteiger partial charge in [0.1, 0.15) is 16.5 Å². The van der Waals surface area contributed by atoms with E-state index < -0.39 is 0 Å². The van der Waals surface area contributed by atoms with E-state index in [9.17, 15) is 4.79 Å². The molecule has 3 heterocycles. The highest BCUT2D eigenvalue weighted by molar-refractivity contribution is 7.16. The van der Waals surface area contributed by atoms with E-state index in [1.165, 1.54) is 0 Å². The van der Waals surface area contributed by atoms with E-state index in [0.29, 0.717) is 26.0 Å². The number of imidazole rings is 1. The van der Waals surface area contributed by atoms with Crippen molar-refractivity contribution in [3.8, 4) is 22.0 Å². The van der Waals surface area contributed by atoms with Crippen molar-refractivity contribution in [1.29, 1.82) is 0 Å². The van der Waals surface area contributed by atoms with Crippen LogP contribution in [0.3, 0.4) is 0 Å². The minimum atomic E-state index is 0.0155. The van der Waals surface area contributed by atoms with Gasteiger partial charge in [-0.15, -0.1) is 22.7 Å². The molecule has 0 aliphatic rings. The van der Waals surface area contributed by atoms with Crippen LogP contribution in [-0.2, 0) is 16.0 Å². The number of aryl methyl sites for hydroxylation is 2. The Morgan fingerprint density at radius 2 is 2.17 bits per heavy atom. The molecule has 0 atom stereocenters. The number of hydrogen-bond acceptors (Lipinski definition) is 7. The molecule has 0 saturated carbocycles. The minimum Gasteiger partial charge on any atom is -0.385 e. The summed E-state index contributed by atoms with van der Waals surface area (Å²) in [5.41, 5.74) is 6.60. The zero-order valence-electron chi connectivity index (χ0n) is 16.9. The number of carbonyl (C=O) groups excluding carboxylic acids is 1. The topological polar surface area (TPSA) is 92.8 Å². The van der Waals surface area contributed by atoms with Gasteiger partial charge in [0.2, 0.25) is 5.91 Å². The quantitative estimate of drug-likeness (QED) is 0.380. The molecule has 0 bridgehead atoms. The molecule has 7 nitrogen and oxygen atoms in total. The van der Waals surface area contributed by atoms with Gasteiger partial charge < -0.3 is 15.0 Å². The van der Waals surface area contributed by atoms with E-state index in [-0.39, 0.29) is 5.91 Å². The summed E-state index contributed by atoms with van der Waals surface area (Å²) >= 11 is 3.19. The number of aromatic nitrogens is 4. The number of carbonyl (C=O) groups is 1. The van der Waals surface area contributed by atoms with Crippen molar-refractivity contribution >= 4 is 38.8 Å². The Hall–Kier alpha value is -2.62. The lowest BCUT2D eigenvalue weighted by Gasteiger charge is -2.03. The van der Waals surface area contributed by atoms with E-state index in [4.69, 9.17) is 9.72 Å². The van der Waals surface area contributed by atoms with Crippen molar-refractivity contribution in [2.45, 2.75) is 26.2 Å². The fourth-order valence-electron chi connectivity index (χ4n) is 3.14. The first kappa shape index (κ1) is 20.6. The van der Waals surface area contributed by atoms with E-state index in [1.54, 1.807) is 29.8 Å². The Morgan fingerprint density at radius 1 is 1.27 bits per heavy atom. The van der Waals surface area contributed by atoms with E-state index in [0.717, 1.165) is 50.1 Å². The van der Waals surface area contributed by atoms with Gasteiger partial charge in [0.25, 0.3) is 0 Å². The number of benzene rings is 1. The molecule has 0 spiro atoms. The SMILES string of the molecule is COCCCNC(=O)CCc1nc(-c2nc(C)cs2)c(-c2ccc3ncsc3c2)[nH]1. The number of hydrogen-bond donors (Lipinski definition) is 2. The summed E-state index contributed by atoms with van der Waals surface area (Å²) in [4.78, 5) is 29.3. The Morgan fingerprint density at radius 3 is 2.97 bits per heavy atom. The number of ether oxygens (including phenoxy) is 1. The number of H-pyrrole nitrogens is 1. The normalized spacial score (nSPS) is 11.3. The summed E-state index contributed by atoms with van der Waals surface area (Å²) in [5.74, 6) is 0.797. The van der Waals surface area contributed by atoms with Crippen LogP contribution in [0.5, 0.6) is 0 Å². The number of thiazole rings is 2. The minimum absolute atomic E-state index is 0.0155. The third-order valence-corrected chi connectivity index (χ3v) is 6.39. The van der Waals surface area contributed by atoms with Gasteiger partial charge in [-0.05, 0) is 25.5 Å². The average Bonchev–Trinajstić information content (AvgIpc) is 3.48. The van der Waals surface area contributed by atoms with Crippen molar-refractivity contribution < 1.29 is 9.53 Å². The lowest BCUT2D eigenvalue weighted by atomic mass is 10.1. The number of methoxy groups -OCH3 is 1. The largest absolute Gasteiger partial charge is 0.385 e. The monoisotopic (exact) mass is 441 g/mol. The van der Waals surface area contributed by atoms with Crippen LogP contribution in [0.25, 0.3) is 32.2 Å². The van der Waals surface area contributed by atoms with Gasteiger partial charge >= 0.3 is 0 Å². The molecule has 0 aliphatic carbocycles. The summed E-state index contributed by atoms with van der Waals surface area (Å²) in [6, 6.07) is 6.19. The number of fused-ring (bicyclic) bond motifs is 1. The zero-order chi connectivity index (χ0) is 20.9. The maximum Gasteiger partial charge on any atom is 0.220 e.